The van der Waals surface area contributed by atoms with E-state index in [9.17, 15) is 9.59 Å². The molecule has 5 nitrogen and oxygen atoms in total. The molecule has 2 amide bonds. The van der Waals surface area contributed by atoms with Gasteiger partial charge in [-0.15, -0.1) is 0 Å². The van der Waals surface area contributed by atoms with Crippen molar-refractivity contribution >= 4 is 40.7 Å². The molecule has 2 heterocycles. The number of likely N-dealkylation sites (tertiary alicyclic amines) is 1. The number of pyridine rings is 1. The molecule has 1 aromatic carbocycles. The normalized spacial score (nSPS) is 15.0. The Morgan fingerprint density at radius 1 is 1.19 bits per heavy atom. The summed E-state index contributed by atoms with van der Waals surface area (Å²) in [4.78, 5) is 31.1. The predicted octanol–water partition coefficient (Wildman–Crippen LogP) is 4.51. The van der Waals surface area contributed by atoms with Gasteiger partial charge in [-0.25, -0.2) is 0 Å². The van der Waals surface area contributed by atoms with Gasteiger partial charge in [0, 0.05) is 24.8 Å². The van der Waals surface area contributed by atoms with E-state index in [0.29, 0.717) is 22.2 Å². The molecular weight excluding hydrogens is 373 g/mol. The highest BCUT2D eigenvalue weighted by Crippen LogP contribution is 2.29. The second-order valence-corrected chi connectivity index (χ2v) is 7.25. The van der Waals surface area contributed by atoms with Crippen LogP contribution in [-0.2, 0) is 0 Å². The number of piperidine rings is 1. The lowest BCUT2D eigenvalue weighted by molar-refractivity contribution is 0.0691. The number of benzene rings is 1. The summed E-state index contributed by atoms with van der Waals surface area (Å²) in [6.07, 6.45) is 3.44. The molecule has 1 saturated heterocycles. The summed E-state index contributed by atoms with van der Waals surface area (Å²) in [5.41, 5.74) is 1.02. The van der Waals surface area contributed by atoms with Crippen LogP contribution in [0.2, 0.25) is 10.0 Å². The number of nitrogens with zero attached hydrogens (tertiary/aromatic N) is 2. The third kappa shape index (κ3) is 4.17. The molecule has 7 heteroatoms. The minimum atomic E-state index is -0.377. The number of halogens is 2. The average Bonchev–Trinajstić information content (AvgIpc) is 2.65. The summed E-state index contributed by atoms with van der Waals surface area (Å²) < 4.78 is 0. The van der Waals surface area contributed by atoms with Gasteiger partial charge in [0.05, 0.1) is 15.7 Å². The van der Waals surface area contributed by atoms with E-state index < -0.39 is 0 Å². The van der Waals surface area contributed by atoms with Crippen molar-refractivity contribution in [1.82, 2.24) is 9.88 Å². The number of rotatable bonds is 3. The lowest BCUT2D eigenvalue weighted by Gasteiger charge is -2.30. The van der Waals surface area contributed by atoms with Crippen LogP contribution in [0, 0.1) is 5.92 Å². The molecule has 0 bridgehead atoms. The standard InChI is InChI=1S/C19H19Cl2N3O2/c1-12-6-9-24(10-7-12)19(26)16-11-13(5-8-22-16)18(25)23-15-4-2-3-14(20)17(15)21/h2-5,8,11-12H,6-7,9-10H2,1H3,(H,23,25). The van der Waals surface area contributed by atoms with Gasteiger partial charge < -0.3 is 10.2 Å². The first-order valence-electron chi connectivity index (χ1n) is 8.46. The van der Waals surface area contributed by atoms with Crippen LogP contribution in [0.5, 0.6) is 0 Å². The molecule has 0 unspecified atom stereocenters. The highest BCUT2D eigenvalue weighted by atomic mass is 35.5. The Hall–Kier alpha value is -2.11. The monoisotopic (exact) mass is 391 g/mol. The summed E-state index contributed by atoms with van der Waals surface area (Å²) in [6, 6.07) is 8.07. The van der Waals surface area contributed by atoms with Crippen molar-refractivity contribution in [3.63, 3.8) is 0 Å². The average molecular weight is 392 g/mol. The van der Waals surface area contributed by atoms with Crippen molar-refractivity contribution < 1.29 is 9.59 Å². The molecule has 136 valence electrons. The van der Waals surface area contributed by atoms with E-state index in [2.05, 4.69) is 17.2 Å². The molecule has 0 atom stereocenters. The SMILES string of the molecule is CC1CCN(C(=O)c2cc(C(=O)Nc3cccc(Cl)c3Cl)ccn2)CC1. The van der Waals surface area contributed by atoms with E-state index in [-0.39, 0.29) is 22.5 Å². The fourth-order valence-electron chi connectivity index (χ4n) is 2.86. The minimum Gasteiger partial charge on any atom is -0.337 e. The van der Waals surface area contributed by atoms with Crippen LogP contribution in [-0.4, -0.2) is 34.8 Å². The number of nitrogens with one attached hydrogen (secondary N) is 1. The molecule has 2 aromatic rings. The Labute approximate surface area is 162 Å². The Balaban J connectivity index is 1.75. The topological polar surface area (TPSA) is 62.3 Å². The maximum absolute atomic E-state index is 12.6. The number of carbonyl (C=O) groups excluding carboxylic acids is 2. The Bertz CT molecular complexity index is 833. The summed E-state index contributed by atoms with van der Waals surface area (Å²) >= 11 is 12.1. The van der Waals surface area contributed by atoms with Crippen LogP contribution in [0.4, 0.5) is 5.69 Å². The van der Waals surface area contributed by atoms with Crippen LogP contribution >= 0.6 is 23.2 Å². The number of hydrogen-bond donors (Lipinski definition) is 1. The van der Waals surface area contributed by atoms with Crippen LogP contribution in [0.25, 0.3) is 0 Å². The zero-order chi connectivity index (χ0) is 18.7. The van der Waals surface area contributed by atoms with Crippen molar-refractivity contribution in [1.29, 1.82) is 0 Å². The third-order valence-corrected chi connectivity index (χ3v) is 5.33. The molecule has 1 aromatic heterocycles. The van der Waals surface area contributed by atoms with Gasteiger partial charge in [0.1, 0.15) is 5.69 Å². The fourth-order valence-corrected chi connectivity index (χ4v) is 3.21. The molecule has 0 aliphatic carbocycles. The molecule has 1 aliphatic rings. The maximum atomic E-state index is 12.6. The number of hydrogen-bond acceptors (Lipinski definition) is 3. The van der Waals surface area contributed by atoms with Gasteiger partial charge in [-0.05, 0) is 43.0 Å². The van der Waals surface area contributed by atoms with Crippen molar-refractivity contribution in [2.75, 3.05) is 18.4 Å². The Morgan fingerprint density at radius 2 is 1.92 bits per heavy atom. The van der Waals surface area contributed by atoms with E-state index >= 15 is 0 Å². The van der Waals surface area contributed by atoms with Crippen LogP contribution < -0.4 is 5.32 Å². The van der Waals surface area contributed by atoms with Gasteiger partial charge in [-0.1, -0.05) is 36.2 Å². The molecule has 1 N–H and O–H groups in total. The van der Waals surface area contributed by atoms with E-state index in [0.717, 1.165) is 25.9 Å². The molecule has 0 radical (unpaired) electrons. The molecule has 0 saturated carbocycles. The minimum absolute atomic E-state index is 0.146. The van der Waals surface area contributed by atoms with Crippen LogP contribution in [0.3, 0.4) is 0 Å². The first-order chi connectivity index (χ1) is 12.5. The van der Waals surface area contributed by atoms with Gasteiger partial charge in [-0.2, -0.15) is 0 Å². The van der Waals surface area contributed by atoms with E-state index in [4.69, 9.17) is 23.2 Å². The predicted molar refractivity (Wildman–Crippen MR) is 103 cm³/mol. The highest BCUT2D eigenvalue weighted by molar-refractivity contribution is 6.44. The van der Waals surface area contributed by atoms with E-state index in [1.807, 2.05) is 0 Å². The lowest BCUT2D eigenvalue weighted by Crippen LogP contribution is -2.38. The zero-order valence-corrected chi connectivity index (χ0v) is 15.8. The quantitative estimate of drug-likeness (QED) is 0.836. The van der Waals surface area contributed by atoms with Crippen molar-refractivity contribution in [2.24, 2.45) is 5.92 Å². The van der Waals surface area contributed by atoms with Crippen molar-refractivity contribution in [3.8, 4) is 0 Å². The maximum Gasteiger partial charge on any atom is 0.272 e. The fraction of sp³-hybridized carbons (Fsp3) is 0.316. The van der Waals surface area contributed by atoms with Crippen LogP contribution in [0.1, 0.15) is 40.6 Å². The molecule has 26 heavy (non-hydrogen) atoms. The largest absolute Gasteiger partial charge is 0.337 e. The van der Waals surface area contributed by atoms with Gasteiger partial charge in [0.15, 0.2) is 0 Å². The molecule has 1 aliphatic heterocycles. The Morgan fingerprint density at radius 3 is 2.65 bits per heavy atom. The molecule has 1 fully saturated rings. The second kappa shape index (κ2) is 8.06. The first-order valence-corrected chi connectivity index (χ1v) is 9.22. The summed E-state index contributed by atoms with van der Waals surface area (Å²) in [5.74, 6) is 0.108. The van der Waals surface area contributed by atoms with Gasteiger partial charge in [-0.3, -0.25) is 14.6 Å². The Kier molecular flexibility index (Phi) is 5.79. The summed E-state index contributed by atoms with van der Waals surface area (Å²) in [7, 11) is 0. The molecule has 0 spiro atoms. The zero-order valence-electron chi connectivity index (χ0n) is 14.3. The van der Waals surface area contributed by atoms with E-state index in [1.54, 1.807) is 29.2 Å². The second-order valence-electron chi connectivity index (χ2n) is 6.46. The number of amides is 2. The first kappa shape index (κ1) is 18.7. The summed E-state index contributed by atoms with van der Waals surface area (Å²) in [6.45, 7) is 3.62. The smallest absolute Gasteiger partial charge is 0.272 e. The van der Waals surface area contributed by atoms with Gasteiger partial charge >= 0.3 is 0 Å². The van der Waals surface area contributed by atoms with Crippen molar-refractivity contribution in [2.45, 2.75) is 19.8 Å². The number of anilines is 1. The number of carbonyl (C=O) groups is 2. The van der Waals surface area contributed by atoms with Crippen LogP contribution in [0.15, 0.2) is 36.5 Å². The lowest BCUT2D eigenvalue weighted by atomic mass is 9.99. The number of aromatic nitrogens is 1. The van der Waals surface area contributed by atoms with Crippen molar-refractivity contribution in [3.05, 3.63) is 57.8 Å². The van der Waals surface area contributed by atoms with Gasteiger partial charge in [0.25, 0.3) is 11.8 Å². The molecule has 3 rings (SSSR count). The van der Waals surface area contributed by atoms with Gasteiger partial charge in [0.2, 0.25) is 0 Å². The highest BCUT2D eigenvalue weighted by Gasteiger charge is 2.23. The van der Waals surface area contributed by atoms with E-state index in [1.165, 1.54) is 12.3 Å². The third-order valence-electron chi connectivity index (χ3n) is 4.51. The molecular formula is C19H19Cl2N3O2. The summed E-state index contributed by atoms with van der Waals surface area (Å²) in [5, 5.41) is 3.34.